The summed E-state index contributed by atoms with van der Waals surface area (Å²) in [6, 6.07) is 18.8. The Balaban J connectivity index is 1.41. The first-order valence-corrected chi connectivity index (χ1v) is 11.5. The van der Waals surface area contributed by atoms with Crippen LogP contribution in [0.15, 0.2) is 66.0 Å². The third kappa shape index (κ3) is 4.92. The number of nitrogens with zero attached hydrogens (tertiary/aromatic N) is 1. The summed E-state index contributed by atoms with van der Waals surface area (Å²) in [5, 5.41) is 8.72. The molecule has 1 aliphatic heterocycles. The lowest BCUT2D eigenvalue weighted by atomic mass is 10.1. The van der Waals surface area contributed by atoms with Gasteiger partial charge in [0, 0.05) is 18.3 Å². The van der Waals surface area contributed by atoms with Crippen LogP contribution in [0.3, 0.4) is 0 Å². The molecule has 160 valence electrons. The summed E-state index contributed by atoms with van der Waals surface area (Å²) >= 11 is 7.87. The van der Waals surface area contributed by atoms with E-state index in [0.717, 1.165) is 17.7 Å². The molecule has 1 aromatic heterocycles. The van der Waals surface area contributed by atoms with E-state index in [-0.39, 0.29) is 17.9 Å². The van der Waals surface area contributed by atoms with E-state index < -0.39 is 6.04 Å². The fraction of sp³-hybridized carbons (Fsp3) is 0.250. The molecule has 2 aromatic carbocycles. The molecular weight excluding hydrogens is 430 g/mol. The van der Waals surface area contributed by atoms with Gasteiger partial charge in [-0.1, -0.05) is 48.0 Å². The Morgan fingerprint density at radius 1 is 1.13 bits per heavy atom. The minimum Gasteiger partial charge on any atom is -0.377 e. The monoisotopic (exact) mass is 453 g/mol. The van der Waals surface area contributed by atoms with Crippen LogP contribution >= 0.6 is 22.9 Å². The summed E-state index contributed by atoms with van der Waals surface area (Å²) in [6.07, 6.45) is 1.47. The van der Waals surface area contributed by atoms with Crippen LogP contribution in [0.5, 0.6) is 0 Å². The standard InChI is InChI=1S/C24H24ClN3O2S/c1-16(17-7-3-2-4-8-17)26-20-12-11-18(15-19(20)25)27-23(29)21-9-5-13-28(21)24(30)22-10-6-14-31-22/h2-4,6-8,10-12,14-16,21,26H,5,9,13H2,1H3,(H,27,29)/t16?,21-/m0/s1. The van der Waals surface area contributed by atoms with E-state index in [2.05, 4.69) is 29.7 Å². The average molecular weight is 454 g/mol. The van der Waals surface area contributed by atoms with Gasteiger partial charge in [-0.3, -0.25) is 9.59 Å². The first-order chi connectivity index (χ1) is 15.0. The van der Waals surface area contributed by atoms with Crippen LogP contribution < -0.4 is 10.6 Å². The molecule has 4 rings (SSSR count). The third-order valence-electron chi connectivity index (χ3n) is 5.46. The summed E-state index contributed by atoms with van der Waals surface area (Å²) < 4.78 is 0. The molecule has 2 heterocycles. The SMILES string of the molecule is CC(Nc1ccc(NC(=O)[C@@H]2CCCN2C(=O)c2cccs2)cc1Cl)c1ccccc1. The number of benzene rings is 2. The lowest BCUT2D eigenvalue weighted by Crippen LogP contribution is -2.42. The second kappa shape index (κ2) is 9.54. The van der Waals surface area contributed by atoms with Gasteiger partial charge < -0.3 is 15.5 Å². The minimum absolute atomic E-state index is 0.0832. The van der Waals surface area contributed by atoms with Crippen LogP contribution in [0.1, 0.15) is 41.0 Å². The summed E-state index contributed by atoms with van der Waals surface area (Å²) in [5.74, 6) is -0.267. The number of thiophene rings is 1. The van der Waals surface area contributed by atoms with Crippen LogP contribution in [-0.4, -0.2) is 29.3 Å². The van der Waals surface area contributed by atoms with Gasteiger partial charge in [0.05, 0.1) is 15.6 Å². The molecule has 7 heteroatoms. The zero-order chi connectivity index (χ0) is 21.8. The number of likely N-dealkylation sites (tertiary alicyclic amines) is 1. The number of rotatable bonds is 6. The molecule has 3 aromatic rings. The topological polar surface area (TPSA) is 61.4 Å². The van der Waals surface area contributed by atoms with Gasteiger partial charge >= 0.3 is 0 Å². The van der Waals surface area contributed by atoms with Crippen molar-refractivity contribution in [1.29, 1.82) is 0 Å². The lowest BCUT2D eigenvalue weighted by molar-refractivity contribution is -0.119. The summed E-state index contributed by atoms with van der Waals surface area (Å²) in [5.41, 5.74) is 2.57. The molecule has 0 spiro atoms. The minimum atomic E-state index is -0.468. The van der Waals surface area contributed by atoms with Crippen LogP contribution in [0.25, 0.3) is 0 Å². The quantitative estimate of drug-likeness (QED) is 0.494. The molecular formula is C24H24ClN3O2S. The zero-order valence-corrected chi connectivity index (χ0v) is 18.7. The molecule has 31 heavy (non-hydrogen) atoms. The normalized spacial score (nSPS) is 16.7. The number of carbonyl (C=O) groups excluding carboxylic acids is 2. The molecule has 5 nitrogen and oxygen atoms in total. The van der Waals surface area contributed by atoms with Crippen LogP contribution in [0.4, 0.5) is 11.4 Å². The highest BCUT2D eigenvalue weighted by Gasteiger charge is 2.35. The van der Waals surface area contributed by atoms with Crippen molar-refractivity contribution < 1.29 is 9.59 Å². The van der Waals surface area contributed by atoms with Gasteiger partial charge in [0.15, 0.2) is 0 Å². The van der Waals surface area contributed by atoms with Crippen molar-refractivity contribution >= 4 is 46.1 Å². The number of hydrogen-bond donors (Lipinski definition) is 2. The maximum atomic E-state index is 12.9. The smallest absolute Gasteiger partial charge is 0.264 e. The highest BCUT2D eigenvalue weighted by molar-refractivity contribution is 7.12. The van der Waals surface area contributed by atoms with Gasteiger partial charge in [0.25, 0.3) is 5.91 Å². The first kappa shape index (κ1) is 21.4. The van der Waals surface area contributed by atoms with Crippen molar-refractivity contribution in [2.45, 2.75) is 31.8 Å². The molecule has 1 unspecified atom stereocenters. The van der Waals surface area contributed by atoms with Gasteiger partial charge in [-0.15, -0.1) is 11.3 Å². The first-order valence-electron chi connectivity index (χ1n) is 10.3. The molecule has 2 N–H and O–H groups in total. The van der Waals surface area contributed by atoms with Crippen molar-refractivity contribution in [3.63, 3.8) is 0 Å². The Bertz CT molecular complexity index is 1060. The van der Waals surface area contributed by atoms with Gasteiger partial charge in [-0.25, -0.2) is 0 Å². The number of hydrogen-bond acceptors (Lipinski definition) is 4. The van der Waals surface area contributed by atoms with Gasteiger partial charge in [0.1, 0.15) is 6.04 Å². The molecule has 0 bridgehead atoms. The predicted molar refractivity (Wildman–Crippen MR) is 127 cm³/mol. The number of halogens is 1. The van der Waals surface area contributed by atoms with Crippen molar-refractivity contribution in [3.05, 3.63) is 81.5 Å². The largest absolute Gasteiger partial charge is 0.377 e. The Morgan fingerprint density at radius 2 is 1.94 bits per heavy atom. The number of nitrogens with one attached hydrogen (secondary N) is 2. The van der Waals surface area contributed by atoms with E-state index in [4.69, 9.17) is 11.6 Å². The van der Waals surface area contributed by atoms with E-state index in [1.165, 1.54) is 11.3 Å². The third-order valence-corrected chi connectivity index (χ3v) is 6.63. The van der Waals surface area contributed by atoms with Crippen LogP contribution in [-0.2, 0) is 4.79 Å². The van der Waals surface area contributed by atoms with E-state index in [1.807, 2.05) is 41.8 Å². The van der Waals surface area contributed by atoms with Gasteiger partial charge in [-0.05, 0) is 55.0 Å². The fourth-order valence-corrected chi connectivity index (χ4v) is 4.73. The molecule has 1 aliphatic rings. The Hall–Kier alpha value is -2.83. The van der Waals surface area contributed by atoms with Crippen molar-refractivity contribution in [2.75, 3.05) is 17.2 Å². The second-order valence-electron chi connectivity index (χ2n) is 7.59. The van der Waals surface area contributed by atoms with E-state index in [0.29, 0.717) is 28.6 Å². The predicted octanol–water partition coefficient (Wildman–Crippen LogP) is 5.82. The maximum Gasteiger partial charge on any atom is 0.264 e. The number of carbonyl (C=O) groups is 2. The second-order valence-corrected chi connectivity index (χ2v) is 8.95. The van der Waals surface area contributed by atoms with Gasteiger partial charge in [-0.2, -0.15) is 0 Å². The summed E-state index contributed by atoms with van der Waals surface area (Å²) in [4.78, 5) is 27.9. The van der Waals surface area contributed by atoms with Crippen LogP contribution in [0, 0.1) is 0 Å². The molecule has 0 radical (unpaired) electrons. The molecule has 0 saturated carbocycles. The average Bonchev–Trinajstić information content (AvgIpc) is 3.48. The van der Waals surface area contributed by atoms with Gasteiger partial charge in [0.2, 0.25) is 5.91 Å². The lowest BCUT2D eigenvalue weighted by Gasteiger charge is -2.23. The molecule has 1 saturated heterocycles. The van der Waals surface area contributed by atoms with E-state index in [9.17, 15) is 9.59 Å². The molecule has 2 atom stereocenters. The Kier molecular flexibility index (Phi) is 6.59. The van der Waals surface area contributed by atoms with E-state index >= 15 is 0 Å². The summed E-state index contributed by atoms with van der Waals surface area (Å²) in [6.45, 7) is 2.66. The molecule has 2 amide bonds. The van der Waals surface area contributed by atoms with E-state index in [1.54, 1.807) is 17.0 Å². The molecule has 1 fully saturated rings. The Morgan fingerprint density at radius 3 is 2.65 bits per heavy atom. The molecule has 0 aliphatic carbocycles. The van der Waals surface area contributed by atoms with Crippen molar-refractivity contribution in [2.24, 2.45) is 0 Å². The van der Waals surface area contributed by atoms with Crippen molar-refractivity contribution in [3.8, 4) is 0 Å². The Labute approximate surface area is 191 Å². The van der Waals surface area contributed by atoms with Crippen molar-refractivity contribution in [1.82, 2.24) is 4.90 Å². The van der Waals surface area contributed by atoms with Crippen LogP contribution in [0.2, 0.25) is 5.02 Å². The number of anilines is 2. The number of amides is 2. The fourth-order valence-electron chi connectivity index (χ4n) is 3.82. The highest BCUT2D eigenvalue weighted by atomic mass is 35.5. The highest BCUT2D eigenvalue weighted by Crippen LogP contribution is 2.30. The summed E-state index contributed by atoms with van der Waals surface area (Å²) in [7, 11) is 0. The zero-order valence-electron chi connectivity index (χ0n) is 17.2. The maximum absolute atomic E-state index is 12.9.